The first-order valence-electron chi connectivity index (χ1n) is 4.88. The van der Waals surface area contributed by atoms with Gasteiger partial charge in [-0.25, -0.2) is 0 Å². The molecule has 0 unspecified atom stereocenters. The topological polar surface area (TPSA) is 30.2 Å². The number of fused-ring (bicyclic) bond motifs is 1. The minimum Gasteiger partial charge on any atom is -0.461 e. The zero-order valence-electron chi connectivity index (χ0n) is 8.70. The molecule has 0 spiro atoms. The van der Waals surface area contributed by atoms with Crippen molar-refractivity contribution in [2.24, 2.45) is 0 Å². The van der Waals surface area contributed by atoms with E-state index in [2.05, 4.69) is 12.6 Å². The molecule has 2 aromatic rings. The predicted molar refractivity (Wildman–Crippen MR) is 63.9 cm³/mol. The van der Waals surface area contributed by atoms with E-state index in [0.717, 1.165) is 22.6 Å². The molecule has 0 aliphatic carbocycles. The first-order valence-corrected chi connectivity index (χ1v) is 5.33. The second kappa shape index (κ2) is 3.74. The molecule has 78 valence electrons. The molecule has 0 atom stereocenters. The summed E-state index contributed by atoms with van der Waals surface area (Å²) in [5.74, 6) is 0.717. The van der Waals surface area contributed by atoms with Gasteiger partial charge in [0, 0.05) is 22.9 Å². The molecular weight excluding hydrogens is 208 g/mol. The van der Waals surface area contributed by atoms with Crippen LogP contribution in [0.1, 0.15) is 18.2 Å². The van der Waals surface area contributed by atoms with E-state index in [9.17, 15) is 4.79 Å². The zero-order valence-corrected chi connectivity index (χ0v) is 9.60. The maximum Gasteiger partial charge on any atom is 0.192 e. The third-order valence-electron chi connectivity index (χ3n) is 2.52. The Morgan fingerprint density at radius 3 is 2.80 bits per heavy atom. The van der Waals surface area contributed by atoms with Gasteiger partial charge in [-0.05, 0) is 19.1 Å². The van der Waals surface area contributed by atoms with Crippen molar-refractivity contribution in [1.29, 1.82) is 0 Å². The number of thiol groups is 1. The van der Waals surface area contributed by atoms with Crippen LogP contribution in [0.5, 0.6) is 0 Å². The highest BCUT2D eigenvalue weighted by Gasteiger charge is 2.07. The van der Waals surface area contributed by atoms with Gasteiger partial charge < -0.3 is 4.42 Å². The monoisotopic (exact) mass is 220 g/mol. The van der Waals surface area contributed by atoms with Gasteiger partial charge in [0.1, 0.15) is 11.3 Å². The van der Waals surface area contributed by atoms with Crippen LogP contribution in [0.25, 0.3) is 11.0 Å². The molecule has 1 aromatic heterocycles. The van der Waals surface area contributed by atoms with Gasteiger partial charge in [-0.2, -0.15) is 0 Å². The molecular formula is C12H12O2S. The van der Waals surface area contributed by atoms with Crippen molar-refractivity contribution in [3.05, 3.63) is 39.7 Å². The number of aryl methyl sites for hydroxylation is 2. The number of benzene rings is 1. The molecule has 0 saturated heterocycles. The minimum absolute atomic E-state index is 0.0181. The zero-order chi connectivity index (χ0) is 11.0. The number of rotatable bonds is 1. The summed E-state index contributed by atoms with van der Waals surface area (Å²) in [5, 5.41) is 0.627. The van der Waals surface area contributed by atoms with E-state index in [0.29, 0.717) is 11.0 Å². The summed E-state index contributed by atoms with van der Waals surface area (Å²) in [5.41, 5.74) is 1.60. The van der Waals surface area contributed by atoms with E-state index < -0.39 is 0 Å². The molecule has 1 heterocycles. The summed E-state index contributed by atoms with van der Waals surface area (Å²) >= 11 is 4.31. The Kier molecular flexibility index (Phi) is 2.57. The van der Waals surface area contributed by atoms with Crippen molar-refractivity contribution in [2.45, 2.75) is 25.2 Å². The molecule has 3 heteroatoms. The van der Waals surface area contributed by atoms with E-state index >= 15 is 0 Å². The van der Waals surface area contributed by atoms with E-state index in [1.807, 2.05) is 19.9 Å². The van der Waals surface area contributed by atoms with Crippen molar-refractivity contribution in [2.75, 3.05) is 0 Å². The fraction of sp³-hybridized carbons (Fsp3) is 0.250. The highest BCUT2D eigenvalue weighted by atomic mass is 32.1. The van der Waals surface area contributed by atoms with Gasteiger partial charge in [0.15, 0.2) is 5.43 Å². The third-order valence-corrected chi connectivity index (χ3v) is 3.00. The predicted octanol–water partition coefficient (Wildman–Crippen LogP) is 2.95. The first-order chi connectivity index (χ1) is 7.13. The van der Waals surface area contributed by atoms with E-state index in [1.54, 1.807) is 12.1 Å². The van der Waals surface area contributed by atoms with Crippen LogP contribution >= 0.6 is 12.6 Å². The lowest BCUT2D eigenvalue weighted by atomic mass is 10.1. The molecule has 0 radical (unpaired) electrons. The van der Waals surface area contributed by atoms with Crippen molar-refractivity contribution in [3.63, 3.8) is 0 Å². The highest BCUT2D eigenvalue weighted by Crippen LogP contribution is 2.22. The fourth-order valence-electron chi connectivity index (χ4n) is 1.57. The molecule has 15 heavy (non-hydrogen) atoms. The van der Waals surface area contributed by atoms with E-state index in [-0.39, 0.29) is 5.43 Å². The molecule has 0 N–H and O–H groups in total. The van der Waals surface area contributed by atoms with E-state index in [4.69, 9.17) is 4.42 Å². The Balaban J connectivity index is 2.93. The maximum atomic E-state index is 11.7. The molecule has 1 aromatic carbocycles. The Hall–Kier alpha value is -1.22. The smallest absolute Gasteiger partial charge is 0.192 e. The van der Waals surface area contributed by atoms with Crippen LogP contribution in [0.4, 0.5) is 0 Å². The summed E-state index contributed by atoms with van der Waals surface area (Å²) < 4.78 is 5.65. The van der Waals surface area contributed by atoms with Crippen LogP contribution in [-0.2, 0) is 6.42 Å². The van der Waals surface area contributed by atoms with Gasteiger partial charge in [-0.15, -0.1) is 12.6 Å². The Morgan fingerprint density at radius 1 is 1.40 bits per heavy atom. The first kappa shape index (κ1) is 10.3. The van der Waals surface area contributed by atoms with Gasteiger partial charge in [0.25, 0.3) is 0 Å². The third kappa shape index (κ3) is 1.67. The van der Waals surface area contributed by atoms with Crippen molar-refractivity contribution in [3.8, 4) is 0 Å². The van der Waals surface area contributed by atoms with Gasteiger partial charge in [0.05, 0.1) is 5.39 Å². The number of hydrogen-bond acceptors (Lipinski definition) is 3. The summed E-state index contributed by atoms with van der Waals surface area (Å²) in [6, 6.07) is 5.14. The maximum absolute atomic E-state index is 11.7. The molecule has 0 fully saturated rings. The highest BCUT2D eigenvalue weighted by molar-refractivity contribution is 7.80. The molecule has 2 nitrogen and oxygen atoms in total. The average Bonchev–Trinajstić information content (AvgIpc) is 2.23. The van der Waals surface area contributed by atoms with Crippen LogP contribution in [-0.4, -0.2) is 0 Å². The van der Waals surface area contributed by atoms with Crippen LogP contribution in [0.3, 0.4) is 0 Å². The largest absolute Gasteiger partial charge is 0.461 e. The lowest BCUT2D eigenvalue weighted by molar-refractivity contribution is 0.540. The normalized spacial score (nSPS) is 10.9. The van der Waals surface area contributed by atoms with E-state index in [1.165, 1.54) is 0 Å². The van der Waals surface area contributed by atoms with Gasteiger partial charge >= 0.3 is 0 Å². The summed E-state index contributed by atoms with van der Waals surface area (Å²) in [6.07, 6.45) is 0.724. The summed E-state index contributed by atoms with van der Waals surface area (Å²) in [7, 11) is 0. The molecule has 0 amide bonds. The van der Waals surface area contributed by atoms with Crippen molar-refractivity contribution >= 4 is 23.6 Å². The average molecular weight is 220 g/mol. The van der Waals surface area contributed by atoms with Gasteiger partial charge in [0.2, 0.25) is 0 Å². The van der Waals surface area contributed by atoms with Crippen LogP contribution in [0.15, 0.2) is 32.3 Å². The summed E-state index contributed by atoms with van der Waals surface area (Å²) in [4.78, 5) is 12.6. The molecule has 0 aliphatic heterocycles. The van der Waals surface area contributed by atoms with Crippen molar-refractivity contribution in [1.82, 2.24) is 0 Å². The standard InChI is InChI=1S/C12H12O2S/c1-3-8-6-10(13)9-4-5-11(15)7(2)12(9)14-8/h4-6,15H,3H2,1-2H3. The Labute approximate surface area is 93.3 Å². The van der Waals surface area contributed by atoms with Crippen LogP contribution in [0.2, 0.25) is 0 Å². The fourth-order valence-corrected chi connectivity index (χ4v) is 1.74. The quantitative estimate of drug-likeness (QED) is 0.749. The van der Waals surface area contributed by atoms with Crippen LogP contribution < -0.4 is 5.43 Å². The van der Waals surface area contributed by atoms with Crippen molar-refractivity contribution < 1.29 is 4.42 Å². The SMILES string of the molecule is CCc1cc(=O)c2ccc(S)c(C)c2o1. The molecule has 0 bridgehead atoms. The Morgan fingerprint density at radius 2 is 2.13 bits per heavy atom. The minimum atomic E-state index is 0.0181. The lowest BCUT2D eigenvalue weighted by Crippen LogP contribution is -2.02. The van der Waals surface area contributed by atoms with Crippen LogP contribution in [0, 0.1) is 6.92 Å². The second-order valence-electron chi connectivity index (χ2n) is 3.52. The molecule has 0 aliphatic rings. The Bertz CT molecular complexity index is 570. The lowest BCUT2D eigenvalue weighted by Gasteiger charge is -2.05. The van der Waals surface area contributed by atoms with Gasteiger partial charge in [-0.3, -0.25) is 4.79 Å². The molecule has 2 rings (SSSR count). The second-order valence-corrected chi connectivity index (χ2v) is 4.00. The molecule has 0 saturated carbocycles. The number of hydrogen-bond donors (Lipinski definition) is 1. The summed E-state index contributed by atoms with van der Waals surface area (Å²) in [6.45, 7) is 3.87. The van der Waals surface area contributed by atoms with Gasteiger partial charge in [-0.1, -0.05) is 6.92 Å².